The second-order valence-electron chi connectivity index (χ2n) is 1.64. The second kappa shape index (κ2) is 3.29. The molecule has 0 fully saturated rings. The van der Waals surface area contributed by atoms with Crippen LogP contribution in [0.25, 0.3) is 0 Å². The number of thiol groups is 1. The molecule has 0 bridgehead atoms. The van der Waals surface area contributed by atoms with Crippen LogP contribution in [0.5, 0.6) is 0 Å². The van der Waals surface area contributed by atoms with E-state index in [1.54, 1.807) is 0 Å². The molecule has 0 saturated heterocycles. The summed E-state index contributed by atoms with van der Waals surface area (Å²) in [6.07, 6.45) is -1.42. The summed E-state index contributed by atoms with van der Waals surface area (Å²) in [4.78, 5) is 0. The maximum atomic E-state index is 8.68. The zero-order valence-electron chi connectivity index (χ0n) is 4.94. The Labute approximate surface area is 54.5 Å². The van der Waals surface area contributed by atoms with E-state index in [2.05, 4.69) is 12.8 Å². The molecular formula is C4H11NO2S. The van der Waals surface area contributed by atoms with Gasteiger partial charge in [-0.25, -0.2) is 0 Å². The van der Waals surface area contributed by atoms with Gasteiger partial charge in [0.2, 0.25) is 0 Å². The lowest BCUT2D eigenvalue weighted by Crippen LogP contribution is -2.31. The summed E-state index contributed by atoms with van der Waals surface area (Å²) in [5.41, 5.74) is 0. The lowest BCUT2D eigenvalue weighted by Gasteiger charge is -2.20. The first-order valence-corrected chi connectivity index (χ1v) is 2.79. The number of nitrogens with zero attached hydrogens (tertiary/aromatic N) is 1. The van der Waals surface area contributed by atoms with Gasteiger partial charge in [-0.3, -0.25) is 0 Å². The van der Waals surface area contributed by atoms with Crippen molar-refractivity contribution in [2.45, 2.75) is 26.3 Å². The minimum Gasteiger partial charge on any atom is -0.378 e. The largest absolute Gasteiger partial charge is 0.378 e. The molecule has 0 amide bonds. The average molecular weight is 137 g/mol. The van der Waals surface area contributed by atoms with Crippen molar-refractivity contribution < 1.29 is 10.2 Å². The maximum absolute atomic E-state index is 8.68. The minimum absolute atomic E-state index is 0.710. The van der Waals surface area contributed by atoms with E-state index in [1.165, 1.54) is 13.8 Å². The highest BCUT2D eigenvalue weighted by molar-refractivity contribution is 7.77. The number of aliphatic hydroxyl groups excluding tert-OH is 2. The van der Waals surface area contributed by atoms with E-state index in [9.17, 15) is 0 Å². The van der Waals surface area contributed by atoms with Gasteiger partial charge in [0, 0.05) is 0 Å². The fraction of sp³-hybridized carbons (Fsp3) is 1.00. The summed E-state index contributed by atoms with van der Waals surface area (Å²) in [5, 5.41) is 17.4. The molecule has 3 nitrogen and oxygen atoms in total. The molecule has 0 aliphatic rings. The third-order valence-corrected chi connectivity index (χ3v) is 1.43. The van der Waals surface area contributed by atoms with Gasteiger partial charge >= 0.3 is 0 Å². The van der Waals surface area contributed by atoms with Gasteiger partial charge in [0.1, 0.15) is 12.5 Å². The fourth-order valence-corrected chi connectivity index (χ4v) is 0.312. The topological polar surface area (TPSA) is 43.7 Å². The molecule has 8 heavy (non-hydrogen) atoms. The molecule has 0 aromatic heterocycles. The van der Waals surface area contributed by atoms with Crippen LogP contribution < -0.4 is 0 Å². The Morgan fingerprint density at radius 1 is 1.25 bits per heavy atom. The minimum atomic E-state index is -0.710. The van der Waals surface area contributed by atoms with Gasteiger partial charge < -0.3 is 10.2 Å². The van der Waals surface area contributed by atoms with Crippen LogP contribution in [0.2, 0.25) is 0 Å². The van der Waals surface area contributed by atoms with Crippen molar-refractivity contribution >= 4 is 12.8 Å². The Kier molecular flexibility index (Phi) is 3.39. The van der Waals surface area contributed by atoms with Crippen LogP contribution >= 0.6 is 12.8 Å². The number of rotatable bonds is 2. The van der Waals surface area contributed by atoms with Crippen molar-refractivity contribution in [3.05, 3.63) is 0 Å². The summed E-state index contributed by atoms with van der Waals surface area (Å²) in [6, 6.07) is 0. The van der Waals surface area contributed by atoms with Gasteiger partial charge in [0.05, 0.1) is 0 Å². The molecule has 0 rings (SSSR count). The Morgan fingerprint density at radius 2 is 1.50 bits per heavy atom. The Hall–Kier alpha value is 0.230. The van der Waals surface area contributed by atoms with Crippen molar-refractivity contribution in [1.29, 1.82) is 0 Å². The monoisotopic (exact) mass is 137 g/mol. The summed E-state index contributed by atoms with van der Waals surface area (Å²) in [7, 11) is 0. The first-order chi connectivity index (χ1) is 3.55. The van der Waals surface area contributed by atoms with E-state index in [1.807, 2.05) is 0 Å². The predicted octanol–water partition coefficient (Wildman–Crippen LogP) is -0.190. The smallest absolute Gasteiger partial charge is 0.115 e. The highest BCUT2D eigenvalue weighted by Gasteiger charge is 2.09. The third kappa shape index (κ3) is 2.52. The predicted molar refractivity (Wildman–Crippen MR) is 34.2 cm³/mol. The van der Waals surface area contributed by atoms with Crippen LogP contribution in [0.15, 0.2) is 0 Å². The Morgan fingerprint density at radius 3 is 1.50 bits per heavy atom. The highest BCUT2D eigenvalue weighted by Crippen LogP contribution is 2.02. The lowest BCUT2D eigenvalue weighted by atomic mass is 10.6. The number of hydrogen-bond donors (Lipinski definition) is 3. The van der Waals surface area contributed by atoms with Crippen molar-refractivity contribution in [1.82, 2.24) is 4.31 Å². The quantitative estimate of drug-likeness (QED) is 0.365. The van der Waals surface area contributed by atoms with Crippen molar-refractivity contribution in [3.8, 4) is 0 Å². The first kappa shape index (κ1) is 8.23. The van der Waals surface area contributed by atoms with E-state index in [4.69, 9.17) is 10.2 Å². The highest BCUT2D eigenvalue weighted by atomic mass is 32.1. The van der Waals surface area contributed by atoms with Crippen LogP contribution in [0.4, 0.5) is 0 Å². The van der Waals surface area contributed by atoms with Gasteiger partial charge in [0.15, 0.2) is 0 Å². The molecular weight excluding hydrogens is 126 g/mol. The van der Waals surface area contributed by atoms with Crippen molar-refractivity contribution in [3.63, 3.8) is 0 Å². The van der Waals surface area contributed by atoms with E-state index in [0.717, 1.165) is 4.31 Å². The van der Waals surface area contributed by atoms with Gasteiger partial charge in [-0.1, -0.05) is 12.8 Å². The molecule has 4 heteroatoms. The van der Waals surface area contributed by atoms with Gasteiger partial charge in [0.25, 0.3) is 0 Å². The van der Waals surface area contributed by atoms with Gasteiger partial charge in [-0.15, -0.1) is 0 Å². The zero-order chi connectivity index (χ0) is 6.73. The zero-order valence-corrected chi connectivity index (χ0v) is 5.84. The molecule has 50 valence electrons. The van der Waals surface area contributed by atoms with Crippen LogP contribution in [-0.2, 0) is 0 Å². The summed E-state index contributed by atoms with van der Waals surface area (Å²) in [5.74, 6) is 0. The molecule has 2 atom stereocenters. The molecule has 0 aliphatic heterocycles. The summed E-state index contributed by atoms with van der Waals surface area (Å²) < 4.78 is 1.14. The molecule has 0 aliphatic carbocycles. The molecule has 0 spiro atoms. The number of aliphatic hydroxyl groups is 2. The average Bonchev–Trinajstić information content (AvgIpc) is 1.64. The van der Waals surface area contributed by atoms with Gasteiger partial charge in [-0.2, -0.15) is 4.31 Å². The third-order valence-electron chi connectivity index (χ3n) is 0.766. The summed E-state index contributed by atoms with van der Waals surface area (Å²) >= 11 is 3.75. The van der Waals surface area contributed by atoms with Crippen LogP contribution in [-0.4, -0.2) is 27.0 Å². The number of hydrogen-bond acceptors (Lipinski definition) is 4. The Bertz CT molecular complexity index is 59.1. The second-order valence-corrected chi connectivity index (χ2v) is 2.11. The van der Waals surface area contributed by atoms with Crippen molar-refractivity contribution in [2.75, 3.05) is 0 Å². The molecule has 2 N–H and O–H groups in total. The van der Waals surface area contributed by atoms with E-state index in [-0.39, 0.29) is 0 Å². The van der Waals surface area contributed by atoms with Crippen molar-refractivity contribution in [2.24, 2.45) is 0 Å². The molecule has 0 aromatic carbocycles. The fourth-order valence-electron chi connectivity index (χ4n) is 0.312. The molecule has 0 heterocycles. The van der Waals surface area contributed by atoms with Crippen LogP contribution in [0.1, 0.15) is 13.8 Å². The Balaban J connectivity index is 3.46. The molecule has 0 aromatic rings. The first-order valence-electron chi connectivity index (χ1n) is 2.39. The van der Waals surface area contributed by atoms with Crippen LogP contribution in [0.3, 0.4) is 0 Å². The standard InChI is InChI=1S/C4H11NO2S/c1-3(6)5(8)4(2)7/h3-4,6-8H,1-2H3. The maximum Gasteiger partial charge on any atom is 0.115 e. The van der Waals surface area contributed by atoms with E-state index < -0.39 is 12.5 Å². The van der Waals surface area contributed by atoms with E-state index >= 15 is 0 Å². The van der Waals surface area contributed by atoms with Crippen LogP contribution in [0, 0.1) is 0 Å². The molecule has 0 radical (unpaired) electrons. The SMILES string of the molecule is CC(O)N(S)C(C)O. The molecule has 0 saturated carbocycles. The lowest BCUT2D eigenvalue weighted by molar-refractivity contribution is -0.0149. The van der Waals surface area contributed by atoms with Gasteiger partial charge in [-0.05, 0) is 13.8 Å². The molecule has 2 unspecified atom stereocenters. The summed E-state index contributed by atoms with van der Waals surface area (Å²) in [6.45, 7) is 3.06. The van der Waals surface area contributed by atoms with E-state index in [0.29, 0.717) is 0 Å². The normalized spacial score (nSPS) is 18.8.